The first-order valence-corrected chi connectivity index (χ1v) is 7.84. The van der Waals surface area contributed by atoms with Crippen LogP contribution in [0.4, 0.5) is 11.9 Å². The van der Waals surface area contributed by atoms with E-state index in [-0.39, 0.29) is 17.2 Å². The molecule has 2 amide bonds. The van der Waals surface area contributed by atoms with Crippen molar-refractivity contribution in [1.82, 2.24) is 35.8 Å². The van der Waals surface area contributed by atoms with Crippen LogP contribution in [0.3, 0.4) is 0 Å². The molecule has 3 rings (SSSR count). The summed E-state index contributed by atoms with van der Waals surface area (Å²) < 4.78 is 0. The topological polar surface area (TPSA) is 147 Å². The average molecular weight is 386 g/mol. The molecule has 0 saturated carbocycles. The minimum Gasteiger partial charge on any atom is -0.267 e. The molecule has 3 heterocycles. The molecule has 0 aromatic carbocycles. The van der Waals surface area contributed by atoms with Gasteiger partial charge in [0.25, 0.3) is 11.8 Å². The van der Waals surface area contributed by atoms with Gasteiger partial charge in [-0.15, -0.1) is 0 Å². The molecule has 3 aromatic heterocycles. The van der Waals surface area contributed by atoms with Crippen molar-refractivity contribution in [2.45, 2.75) is 0 Å². The first-order chi connectivity index (χ1) is 13.1. The Morgan fingerprint density at radius 1 is 0.704 bits per heavy atom. The Labute approximate surface area is 157 Å². The molecular formula is C15H12ClN9O2. The number of anilines is 2. The van der Waals surface area contributed by atoms with E-state index in [1.807, 2.05) is 0 Å². The highest BCUT2D eigenvalue weighted by Crippen LogP contribution is 2.08. The van der Waals surface area contributed by atoms with Gasteiger partial charge in [-0.05, 0) is 35.9 Å². The van der Waals surface area contributed by atoms with Crippen molar-refractivity contribution in [2.75, 3.05) is 10.9 Å². The molecule has 0 atom stereocenters. The summed E-state index contributed by atoms with van der Waals surface area (Å²) in [6.07, 6.45) is 5.95. The second-order valence-corrected chi connectivity index (χ2v) is 5.22. The number of aromatic nitrogens is 5. The summed E-state index contributed by atoms with van der Waals surface area (Å²) in [7, 11) is 0. The van der Waals surface area contributed by atoms with E-state index < -0.39 is 11.8 Å². The molecule has 0 aliphatic heterocycles. The SMILES string of the molecule is O=C(NNc1nc(Cl)nc(NNC(=O)c2ccncc2)n1)c1ccncc1. The predicted molar refractivity (Wildman–Crippen MR) is 95.5 cm³/mol. The third kappa shape index (κ3) is 5.06. The minimum absolute atomic E-state index is 0.0296. The zero-order valence-electron chi connectivity index (χ0n) is 13.5. The van der Waals surface area contributed by atoms with E-state index in [1.54, 1.807) is 24.3 Å². The average Bonchev–Trinajstić information content (AvgIpc) is 2.71. The zero-order valence-corrected chi connectivity index (χ0v) is 14.3. The third-order valence-electron chi connectivity index (χ3n) is 3.07. The Morgan fingerprint density at radius 3 is 1.52 bits per heavy atom. The number of carbonyl (C=O) groups excluding carboxylic acids is 2. The van der Waals surface area contributed by atoms with E-state index in [1.165, 1.54) is 24.8 Å². The summed E-state index contributed by atoms with van der Waals surface area (Å²) >= 11 is 5.83. The summed E-state index contributed by atoms with van der Waals surface area (Å²) in [5.74, 6) is -0.903. The van der Waals surface area contributed by atoms with Gasteiger partial charge in [-0.1, -0.05) is 0 Å². The van der Waals surface area contributed by atoms with Crippen molar-refractivity contribution >= 4 is 35.3 Å². The van der Waals surface area contributed by atoms with E-state index in [0.29, 0.717) is 11.1 Å². The number of halogens is 1. The van der Waals surface area contributed by atoms with Gasteiger partial charge < -0.3 is 0 Å². The van der Waals surface area contributed by atoms with Gasteiger partial charge in [-0.25, -0.2) is 0 Å². The number of nitrogens with one attached hydrogen (secondary N) is 4. The first kappa shape index (κ1) is 17.9. The van der Waals surface area contributed by atoms with Crippen LogP contribution in [-0.2, 0) is 0 Å². The third-order valence-corrected chi connectivity index (χ3v) is 3.24. The second-order valence-electron chi connectivity index (χ2n) is 4.88. The molecule has 11 nitrogen and oxygen atoms in total. The standard InChI is InChI=1S/C15H12ClN9O2/c16-13-19-14(24-22-11(26)9-1-5-17-6-2-9)21-15(20-13)25-23-12(27)10-3-7-18-8-4-10/h1-8H,(H,22,26)(H,23,27)(H2,19,20,21,24,25). The van der Waals surface area contributed by atoms with Crippen molar-refractivity contribution in [3.05, 3.63) is 65.5 Å². The number of hydrogen-bond acceptors (Lipinski definition) is 9. The van der Waals surface area contributed by atoms with Crippen molar-refractivity contribution in [1.29, 1.82) is 0 Å². The summed E-state index contributed by atoms with van der Waals surface area (Å²) in [5.41, 5.74) is 10.6. The lowest BCUT2D eigenvalue weighted by Crippen LogP contribution is -2.32. The molecule has 0 radical (unpaired) electrons. The van der Waals surface area contributed by atoms with Gasteiger partial charge in [-0.3, -0.25) is 41.3 Å². The predicted octanol–water partition coefficient (Wildman–Crippen LogP) is 0.829. The minimum atomic E-state index is -0.422. The summed E-state index contributed by atoms with van der Waals surface area (Å²) in [6.45, 7) is 0. The van der Waals surface area contributed by atoms with Gasteiger partial charge in [0.15, 0.2) is 0 Å². The van der Waals surface area contributed by atoms with E-state index in [9.17, 15) is 9.59 Å². The fraction of sp³-hybridized carbons (Fsp3) is 0. The first-order valence-electron chi connectivity index (χ1n) is 7.46. The van der Waals surface area contributed by atoms with E-state index in [2.05, 4.69) is 46.6 Å². The van der Waals surface area contributed by atoms with Crippen LogP contribution in [0.1, 0.15) is 20.7 Å². The Morgan fingerprint density at radius 2 is 1.11 bits per heavy atom. The van der Waals surface area contributed by atoms with Gasteiger partial charge in [0.05, 0.1) is 0 Å². The lowest BCUT2D eigenvalue weighted by atomic mass is 10.3. The molecule has 0 spiro atoms. The maximum Gasteiger partial charge on any atom is 0.269 e. The molecule has 0 saturated heterocycles. The molecule has 0 aliphatic carbocycles. The Bertz CT molecular complexity index is 867. The molecule has 136 valence electrons. The highest BCUT2D eigenvalue weighted by molar-refractivity contribution is 6.28. The molecule has 4 N–H and O–H groups in total. The smallest absolute Gasteiger partial charge is 0.267 e. The highest BCUT2D eigenvalue weighted by atomic mass is 35.5. The number of hydrogen-bond donors (Lipinski definition) is 4. The van der Waals surface area contributed by atoms with Crippen LogP contribution in [0, 0.1) is 0 Å². The van der Waals surface area contributed by atoms with E-state index in [4.69, 9.17) is 11.6 Å². The van der Waals surface area contributed by atoms with Crippen molar-refractivity contribution in [3.63, 3.8) is 0 Å². The molecule has 0 fully saturated rings. The highest BCUT2D eigenvalue weighted by Gasteiger charge is 2.09. The number of amides is 2. The van der Waals surface area contributed by atoms with Gasteiger partial charge >= 0.3 is 0 Å². The maximum atomic E-state index is 12.0. The lowest BCUT2D eigenvalue weighted by Gasteiger charge is -2.10. The molecule has 27 heavy (non-hydrogen) atoms. The Hall–Kier alpha value is -3.86. The van der Waals surface area contributed by atoms with Crippen molar-refractivity contribution in [2.24, 2.45) is 0 Å². The zero-order chi connectivity index (χ0) is 19.1. The lowest BCUT2D eigenvalue weighted by molar-refractivity contribution is 0.0954. The molecule has 0 unspecified atom stereocenters. The number of nitrogens with zero attached hydrogens (tertiary/aromatic N) is 5. The van der Waals surface area contributed by atoms with E-state index in [0.717, 1.165) is 0 Å². The van der Waals surface area contributed by atoms with Gasteiger partial charge in [0, 0.05) is 35.9 Å². The Kier molecular flexibility index (Phi) is 5.64. The van der Waals surface area contributed by atoms with Crippen LogP contribution in [-0.4, -0.2) is 36.7 Å². The fourth-order valence-electron chi connectivity index (χ4n) is 1.84. The monoisotopic (exact) mass is 385 g/mol. The van der Waals surface area contributed by atoms with Crippen LogP contribution in [0.5, 0.6) is 0 Å². The normalized spacial score (nSPS) is 9.96. The summed E-state index contributed by atoms with van der Waals surface area (Å²) in [5, 5.41) is -0.147. The number of carbonyl (C=O) groups is 2. The molecule has 12 heteroatoms. The molecule has 3 aromatic rings. The van der Waals surface area contributed by atoms with E-state index >= 15 is 0 Å². The van der Waals surface area contributed by atoms with Gasteiger partial charge in [0.2, 0.25) is 17.2 Å². The molecule has 0 aliphatic rings. The largest absolute Gasteiger partial charge is 0.269 e. The number of pyridine rings is 2. The quantitative estimate of drug-likeness (QED) is 0.453. The van der Waals surface area contributed by atoms with Gasteiger partial charge in [-0.2, -0.15) is 15.0 Å². The van der Waals surface area contributed by atoms with Gasteiger partial charge in [0.1, 0.15) is 0 Å². The van der Waals surface area contributed by atoms with Crippen molar-refractivity contribution < 1.29 is 9.59 Å². The second kappa shape index (κ2) is 8.49. The van der Waals surface area contributed by atoms with Crippen LogP contribution in [0.15, 0.2) is 49.1 Å². The molecular weight excluding hydrogens is 374 g/mol. The summed E-state index contributed by atoms with van der Waals surface area (Å²) in [6, 6.07) is 6.16. The van der Waals surface area contributed by atoms with Crippen LogP contribution < -0.4 is 21.7 Å². The Balaban J connectivity index is 1.60. The van der Waals surface area contributed by atoms with Crippen molar-refractivity contribution in [3.8, 4) is 0 Å². The van der Waals surface area contributed by atoms with Crippen LogP contribution in [0.25, 0.3) is 0 Å². The fourth-order valence-corrected chi connectivity index (χ4v) is 2.00. The van der Waals surface area contributed by atoms with Crippen LogP contribution in [0.2, 0.25) is 5.28 Å². The number of hydrazine groups is 2. The summed E-state index contributed by atoms with van der Waals surface area (Å²) in [4.78, 5) is 43.2. The molecule has 0 bridgehead atoms. The number of rotatable bonds is 6. The maximum absolute atomic E-state index is 12.0. The van der Waals surface area contributed by atoms with Crippen LogP contribution >= 0.6 is 11.6 Å².